The highest BCUT2D eigenvalue weighted by Crippen LogP contribution is 2.20. The first-order valence-electron chi connectivity index (χ1n) is 4.34. The molecule has 0 heterocycles. The van der Waals surface area contributed by atoms with Crippen LogP contribution in [0.4, 0.5) is 0 Å². The van der Waals surface area contributed by atoms with Gasteiger partial charge < -0.3 is 10.8 Å². The minimum Gasteiger partial charge on any atom is -0.396 e. The summed E-state index contributed by atoms with van der Waals surface area (Å²) in [4.78, 5) is 0. The predicted octanol–water partition coefficient (Wildman–Crippen LogP) is 1.87. The van der Waals surface area contributed by atoms with Crippen molar-refractivity contribution in [1.29, 1.82) is 0 Å². The Morgan fingerprint density at radius 2 is 1.92 bits per heavy atom. The Labute approximate surface area is 86.9 Å². The Morgan fingerprint density at radius 1 is 1.31 bits per heavy atom. The Balaban J connectivity index is 2.73. The maximum atomic E-state index is 9.11. The standard InChI is InChI=1S/C10H14BrNO/c11-10-3-1-8(2-4-10)9(7-13)5-6-12/h1-4,9,13H,5-7,12H2. The lowest BCUT2D eigenvalue weighted by Gasteiger charge is -2.12. The van der Waals surface area contributed by atoms with Gasteiger partial charge >= 0.3 is 0 Å². The van der Waals surface area contributed by atoms with Gasteiger partial charge in [0.2, 0.25) is 0 Å². The molecule has 2 nitrogen and oxygen atoms in total. The van der Waals surface area contributed by atoms with Crippen LogP contribution in [0.1, 0.15) is 17.9 Å². The van der Waals surface area contributed by atoms with Gasteiger partial charge in [0.1, 0.15) is 0 Å². The molecule has 0 aliphatic carbocycles. The third-order valence-corrected chi connectivity index (χ3v) is 2.61. The van der Waals surface area contributed by atoms with Crippen LogP contribution in [-0.2, 0) is 0 Å². The number of halogens is 1. The second-order valence-electron chi connectivity index (χ2n) is 3.01. The van der Waals surface area contributed by atoms with E-state index in [1.165, 1.54) is 0 Å². The summed E-state index contributed by atoms with van der Waals surface area (Å²) < 4.78 is 1.06. The molecule has 0 aliphatic rings. The van der Waals surface area contributed by atoms with E-state index in [1.807, 2.05) is 24.3 Å². The number of benzene rings is 1. The fourth-order valence-electron chi connectivity index (χ4n) is 1.30. The van der Waals surface area contributed by atoms with Crippen molar-refractivity contribution in [2.45, 2.75) is 12.3 Å². The molecule has 1 aromatic rings. The molecule has 0 spiro atoms. The molecule has 0 radical (unpaired) electrons. The van der Waals surface area contributed by atoms with Crippen LogP contribution in [0.15, 0.2) is 28.7 Å². The highest BCUT2D eigenvalue weighted by Gasteiger charge is 2.08. The second-order valence-corrected chi connectivity index (χ2v) is 3.92. The van der Waals surface area contributed by atoms with Gasteiger partial charge in [-0.15, -0.1) is 0 Å². The Hall–Kier alpha value is -0.380. The van der Waals surface area contributed by atoms with E-state index in [0.29, 0.717) is 6.54 Å². The fraction of sp³-hybridized carbons (Fsp3) is 0.400. The van der Waals surface area contributed by atoms with E-state index in [9.17, 15) is 0 Å². The van der Waals surface area contributed by atoms with E-state index in [4.69, 9.17) is 10.8 Å². The summed E-state index contributed by atoms with van der Waals surface area (Å²) in [5.74, 6) is 0.179. The van der Waals surface area contributed by atoms with E-state index < -0.39 is 0 Å². The zero-order valence-electron chi connectivity index (χ0n) is 7.41. The molecule has 3 heteroatoms. The summed E-state index contributed by atoms with van der Waals surface area (Å²) in [6.45, 7) is 0.778. The van der Waals surface area contributed by atoms with Crippen LogP contribution in [0.2, 0.25) is 0 Å². The zero-order valence-corrected chi connectivity index (χ0v) is 9.00. The summed E-state index contributed by atoms with van der Waals surface area (Å²) in [6, 6.07) is 7.99. The predicted molar refractivity (Wildman–Crippen MR) is 57.6 cm³/mol. The van der Waals surface area contributed by atoms with E-state index >= 15 is 0 Å². The molecule has 0 amide bonds. The molecule has 13 heavy (non-hydrogen) atoms. The lowest BCUT2D eigenvalue weighted by Crippen LogP contribution is -2.10. The van der Waals surface area contributed by atoms with E-state index in [0.717, 1.165) is 16.5 Å². The fourth-order valence-corrected chi connectivity index (χ4v) is 1.56. The van der Waals surface area contributed by atoms with Crippen LogP contribution < -0.4 is 5.73 Å². The number of rotatable bonds is 4. The minimum atomic E-state index is 0.166. The number of hydrogen-bond donors (Lipinski definition) is 2. The molecule has 0 fully saturated rings. The molecule has 1 atom stereocenters. The van der Waals surface area contributed by atoms with Crippen LogP contribution >= 0.6 is 15.9 Å². The second kappa shape index (κ2) is 5.37. The normalized spacial score (nSPS) is 12.8. The summed E-state index contributed by atoms with van der Waals surface area (Å²) in [5, 5.41) is 9.11. The largest absolute Gasteiger partial charge is 0.396 e. The molecule has 0 bridgehead atoms. The van der Waals surface area contributed by atoms with Gasteiger partial charge in [0.25, 0.3) is 0 Å². The monoisotopic (exact) mass is 243 g/mol. The first kappa shape index (κ1) is 10.7. The Morgan fingerprint density at radius 3 is 2.38 bits per heavy atom. The van der Waals surface area contributed by atoms with Crippen molar-refractivity contribution in [1.82, 2.24) is 0 Å². The van der Waals surface area contributed by atoms with Gasteiger partial charge in [0.15, 0.2) is 0 Å². The molecule has 0 aliphatic heterocycles. The zero-order chi connectivity index (χ0) is 9.68. The molecule has 72 valence electrons. The molecule has 3 N–H and O–H groups in total. The lowest BCUT2D eigenvalue weighted by atomic mass is 9.97. The summed E-state index contributed by atoms with van der Waals surface area (Å²) in [7, 11) is 0. The Bertz CT molecular complexity index is 248. The third-order valence-electron chi connectivity index (χ3n) is 2.08. The minimum absolute atomic E-state index is 0.166. The maximum absolute atomic E-state index is 9.11. The molecular formula is C10H14BrNO. The van der Waals surface area contributed by atoms with Gasteiger partial charge in [0.05, 0.1) is 0 Å². The average molecular weight is 244 g/mol. The molecule has 1 unspecified atom stereocenters. The molecule has 1 rings (SSSR count). The van der Waals surface area contributed by atoms with Crippen molar-refractivity contribution in [3.63, 3.8) is 0 Å². The van der Waals surface area contributed by atoms with Gasteiger partial charge in [-0.2, -0.15) is 0 Å². The van der Waals surface area contributed by atoms with Crippen molar-refractivity contribution in [3.05, 3.63) is 34.3 Å². The van der Waals surface area contributed by atoms with E-state index in [2.05, 4.69) is 15.9 Å². The van der Waals surface area contributed by atoms with Crippen molar-refractivity contribution in [2.75, 3.05) is 13.2 Å². The van der Waals surface area contributed by atoms with Crippen molar-refractivity contribution in [3.8, 4) is 0 Å². The van der Waals surface area contributed by atoms with Crippen molar-refractivity contribution >= 4 is 15.9 Å². The van der Waals surface area contributed by atoms with Crippen LogP contribution in [0.3, 0.4) is 0 Å². The smallest absolute Gasteiger partial charge is 0.0500 e. The topological polar surface area (TPSA) is 46.2 Å². The van der Waals surface area contributed by atoms with Crippen LogP contribution in [0.25, 0.3) is 0 Å². The highest BCUT2D eigenvalue weighted by atomic mass is 79.9. The van der Waals surface area contributed by atoms with Crippen molar-refractivity contribution in [2.24, 2.45) is 5.73 Å². The van der Waals surface area contributed by atoms with Crippen molar-refractivity contribution < 1.29 is 5.11 Å². The molecule has 1 aromatic carbocycles. The number of hydrogen-bond acceptors (Lipinski definition) is 2. The molecule has 0 saturated carbocycles. The number of aliphatic hydroxyl groups is 1. The highest BCUT2D eigenvalue weighted by molar-refractivity contribution is 9.10. The average Bonchev–Trinajstić information content (AvgIpc) is 2.16. The van der Waals surface area contributed by atoms with E-state index in [1.54, 1.807) is 0 Å². The van der Waals surface area contributed by atoms with Gasteiger partial charge in [-0.05, 0) is 30.7 Å². The van der Waals surface area contributed by atoms with Crippen LogP contribution in [0, 0.1) is 0 Å². The quantitative estimate of drug-likeness (QED) is 0.849. The summed E-state index contributed by atoms with van der Waals surface area (Å²) in [6.07, 6.45) is 0.831. The maximum Gasteiger partial charge on any atom is 0.0500 e. The van der Waals surface area contributed by atoms with Crippen LogP contribution in [-0.4, -0.2) is 18.3 Å². The van der Waals surface area contributed by atoms with Gasteiger partial charge in [-0.1, -0.05) is 28.1 Å². The van der Waals surface area contributed by atoms with Crippen LogP contribution in [0.5, 0.6) is 0 Å². The molecule has 0 saturated heterocycles. The summed E-state index contributed by atoms with van der Waals surface area (Å²) in [5.41, 5.74) is 6.60. The van der Waals surface area contributed by atoms with Gasteiger partial charge in [0, 0.05) is 17.0 Å². The third kappa shape index (κ3) is 3.10. The first-order chi connectivity index (χ1) is 6.27. The van der Waals surface area contributed by atoms with Gasteiger partial charge in [-0.25, -0.2) is 0 Å². The SMILES string of the molecule is NCCC(CO)c1ccc(Br)cc1. The molecule has 0 aromatic heterocycles. The first-order valence-corrected chi connectivity index (χ1v) is 5.13. The van der Waals surface area contributed by atoms with E-state index in [-0.39, 0.29) is 12.5 Å². The lowest BCUT2D eigenvalue weighted by molar-refractivity contribution is 0.260. The summed E-state index contributed by atoms with van der Waals surface area (Å²) >= 11 is 3.37. The number of aliphatic hydroxyl groups excluding tert-OH is 1. The Kier molecular flexibility index (Phi) is 4.42. The van der Waals surface area contributed by atoms with Gasteiger partial charge in [-0.3, -0.25) is 0 Å². The molecular weight excluding hydrogens is 230 g/mol. The number of nitrogens with two attached hydrogens (primary N) is 1.